The zero-order valence-corrected chi connectivity index (χ0v) is 15.9. The van der Waals surface area contributed by atoms with Gasteiger partial charge in [0.15, 0.2) is 5.96 Å². The summed E-state index contributed by atoms with van der Waals surface area (Å²) >= 11 is 1.76. The van der Waals surface area contributed by atoms with Gasteiger partial charge in [-0.1, -0.05) is 24.3 Å². The quantitative estimate of drug-likeness (QED) is 0.312. The molecule has 1 aromatic carbocycles. The highest BCUT2D eigenvalue weighted by molar-refractivity contribution is 14.0. The van der Waals surface area contributed by atoms with E-state index in [9.17, 15) is 0 Å². The number of benzene rings is 1. The molecule has 0 unspecified atom stereocenters. The van der Waals surface area contributed by atoms with Crippen LogP contribution in [0.5, 0.6) is 0 Å². The van der Waals surface area contributed by atoms with Crippen molar-refractivity contribution in [2.45, 2.75) is 12.8 Å². The molecule has 0 atom stereocenters. The lowest BCUT2D eigenvalue weighted by Gasteiger charge is -2.05. The molecule has 0 saturated heterocycles. The Kier molecular flexibility index (Phi) is 6.91. The number of aromatic nitrogens is 1. The van der Waals surface area contributed by atoms with Crippen LogP contribution in [0.2, 0.25) is 0 Å². The van der Waals surface area contributed by atoms with Gasteiger partial charge < -0.3 is 16.0 Å². The number of hydrogen-bond donors (Lipinski definition) is 3. The number of nitrogens with two attached hydrogens (primary N) is 1. The van der Waals surface area contributed by atoms with Gasteiger partial charge >= 0.3 is 0 Å². The van der Waals surface area contributed by atoms with Crippen LogP contribution < -0.4 is 11.1 Å². The maximum Gasteiger partial charge on any atom is 0.188 e. The highest BCUT2D eigenvalue weighted by atomic mass is 127. The summed E-state index contributed by atoms with van der Waals surface area (Å²) < 4.78 is 0. The third-order valence-corrected chi connectivity index (χ3v) is 4.53. The Morgan fingerprint density at radius 3 is 2.87 bits per heavy atom. The molecule has 23 heavy (non-hydrogen) atoms. The number of para-hydroxylation sites is 1. The van der Waals surface area contributed by atoms with Crippen molar-refractivity contribution >= 4 is 52.2 Å². The molecule has 0 amide bonds. The Bertz CT molecular complexity index is 749. The largest absolute Gasteiger partial charge is 0.370 e. The van der Waals surface area contributed by atoms with E-state index >= 15 is 0 Å². The summed E-state index contributed by atoms with van der Waals surface area (Å²) in [5.41, 5.74) is 8.38. The van der Waals surface area contributed by atoms with Gasteiger partial charge in [-0.05, 0) is 29.5 Å². The first-order chi connectivity index (χ1) is 10.8. The molecule has 0 saturated carbocycles. The molecule has 0 radical (unpaired) electrons. The second-order valence-electron chi connectivity index (χ2n) is 5.13. The van der Waals surface area contributed by atoms with Gasteiger partial charge in [0.25, 0.3) is 0 Å². The summed E-state index contributed by atoms with van der Waals surface area (Å²) in [5.74, 6) is 0.524. The number of thiophene rings is 1. The molecule has 0 spiro atoms. The van der Waals surface area contributed by atoms with Crippen molar-refractivity contribution in [1.29, 1.82) is 0 Å². The first kappa shape index (κ1) is 17.8. The summed E-state index contributed by atoms with van der Waals surface area (Å²) in [6, 6.07) is 12.5. The Balaban J connectivity index is 0.00000192. The van der Waals surface area contributed by atoms with Gasteiger partial charge in [0, 0.05) is 41.5 Å². The fraction of sp³-hybridized carbons (Fsp3) is 0.235. The van der Waals surface area contributed by atoms with E-state index in [2.05, 4.69) is 57.2 Å². The van der Waals surface area contributed by atoms with E-state index in [1.165, 1.54) is 21.3 Å². The molecule has 4 nitrogen and oxygen atoms in total. The fourth-order valence-electron chi connectivity index (χ4n) is 2.46. The Morgan fingerprint density at radius 2 is 2.04 bits per heavy atom. The van der Waals surface area contributed by atoms with Gasteiger partial charge in [0.1, 0.15) is 0 Å². The highest BCUT2D eigenvalue weighted by Crippen LogP contribution is 2.17. The molecule has 0 bridgehead atoms. The van der Waals surface area contributed by atoms with E-state index in [1.807, 2.05) is 6.07 Å². The van der Waals surface area contributed by atoms with Crippen LogP contribution >= 0.6 is 35.3 Å². The second-order valence-corrected chi connectivity index (χ2v) is 6.16. The van der Waals surface area contributed by atoms with Crippen molar-refractivity contribution in [3.63, 3.8) is 0 Å². The third-order valence-electron chi connectivity index (χ3n) is 3.60. The molecule has 3 rings (SSSR count). The summed E-state index contributed by atoms with van der Waals surface area (Å²) in [7, 11) is 0. The molecule has 3 aromatic rings. The number of guanidine groups is 1. The minimum atomic E-state index is 0. The maximum absolute atomic E-state index is 5.90. The minimum absolute atomic E-state index is 0. The van der Waals surface area contributed by atoms with E-state index in [0.717, 1.165) is 25.9 Å². The van der Waals surface area contributed by atoms with Crippen LogP contribution in [0.4, 0.5) is 0 Å². The average molecular weight is 440 g/mol. The molecule has 0 aliphatic heterocycles. The van der Waals surface area contributed by atoms with Crippen molar-refractivity contribution in [2.75, 3.05) is 13.1 Å². The molecular weight excluding hydrogens is 419 g/mol. The first-order valence-corrected chi connectivity index (χ1v) is 8.32. The smallest absolute Gasteiger partial charge is 0.188 e. The number of aromatic amines is 1. The van der Waals surface area contributed by atoms with Crippen molar-refractivity contribution < 1.29 is 0 Å². The number of nitrogens with zero attached hydrogens (tertiary/aromatic N) is 1. The average Bonchev–Trinajstić information content (AvgIpc) is 3.17. The van der Waals surface area contributed by atoms with Crippen LogP contribution in [0.1, 0.15) is 10.4 Å². The minimum Gasteiger partial charge on any atom is -0.370 e. The lowest BCUT2D eigenvalue weighted by Crippen LogP contribution is -2.33. The van der Waals surface area contributed by atoms with Crippen molar-refractivity contribution in [1.82, 2.24) is 10.3 Å². The first-order valence-electron chi connectivity index (χ1n) is 7.44. The molecule has 0 aliphatic rings. The summed E-state index contributed by atoms with van der Waals surface area (Å²) in [5, 5.41) is 6.54. The number of halogens is 1. The van der Waals surface area contributed by atoms with Crippen LogP contribution in [0.15, 0.2) is 53.0 Å². The summed E-state index contributed by atoms with van der Waals surface area (Å²) in [6.45, 7) is 1.52. The number of hydrogen-bond acceptors (Lipinski definition) is 2. The van der Waals surface area contributed by atoms with Gasteiger partial charge in [0.05, 0.1) is 0 Å². The Labute approximate surface area is 157 Å². The normalized spacial score (nSPS) is 11.4. The molecular formula is C17H21IN4S. The van der Waals surface area contributed by atoms with E-state index in [4.69, 9.17) is 5.73 Å². The molecule has 2 heterocycles. The van der Waals surface area contributed by atoms with Crippen molar-refractivity contribution in [3.05, 3.63) is 58.4 Å². The molecule has 0 fully saturated rings. The summed E-state index contributed by atoms with van der Waals surface area (Å²) in [6.07, 6.45) is 3.93. The van der Waals surface area contributed by atoms with Crippen LogP contribution in [-0.2, 0) is 12.8 Å². The zero-order valence-electron chi connectivity index (χ0n) is 12.8. The third kappa shape index (κ3) is 4.97. The van der Waals surface area contributed by atoms with Gasteiger partial charge in [-0.3, -0.25) is 4.99 Å². The number of rotatable bonds is 6. The van der Waals surface area contributed by atoms with Crippen molar-refractivity contribution in [3.8, 4) is 0 Å². The SMILES string of the molecule is I.NC(=NCCc1cccs1)NCCc1c[nH]c2ccccc12. The number of H-pyrrole nitrogens is 1. The van der Waals surface area contributed by atoms with Crippen LogP contribution in [-0.4, -0.2) is 24.0 Å². The number of aliphatic imine (C=N–C) groups is 1. The van der Waals surface area contributed by atoms with Gasteiger partial charge in [-0.25, -0.2) is 0 Å². The highest BCUT2D eigenvalue weighted by Gasteiger charge is 2.02. The topological polar surface area (TPSA) is 66.2 Å². The Hall–Kier alpha value is -1.54. The lowest BCUT2D eigenvalue weighted by atomic mass is 10.1. The molecule has 6 heteroatoms. The monoisotopic (exact) mass is 440 g/mol. The molecule has 4 N–H and O–H groups in total. The van der Waals surface area contributed by atoms with Crippen LogP contribution in [0, 0.1) is 0 Å². The summed E-state index contributed by atoms with van der Waals surface area (Å²) in [4.78, 5) is 8.99. The van der Waals surface area contributed by atoms with E-state index in [1.54, 1.807) is 11.3 Å². The van der Waals surface area contributed by atoms with Crippen molar-refractivity contribution in [2.24, 2.45) is 10.7 Å². The lowest BCUT2D eigenvalue weighted by molar-refractivity contribution is 0.848. The molecule has 122 valence electrons. The van der Waals surface area contributed by atoms with E-state index in [-0.39, 0.29) is 24.0 Å². The maximum atomic E-state index is 5.90. The molecule has 2 aromatic heterocycles. The fourth-order valence-corrected chi connectivity index (χ4v) is 3.16. The van der Waals surface area contributed by atoms with Gasteiger partial charge in [-0.2, -0.15) is 0 Å². The number of fused-ring (bicyclic) bond motifs is 1. The standard InChI is InChI=1S/C17H20N4S.HI/c18-17(20-10-8-14-4-3-11-22-14)19-9-7-13-12-21-16-6-2-1-5-15(13)16;/h1-6,11-12,21H,7-10H2,(H3,18,19,20);1H. The van der Waals surface area contributed by atoms with Gasteiger partial charge in [-0.15, -0.1) is 35.3 Å². The van der Waals surface area contributed by atoms with E-state index < -0.39 is 0 Å². The number of nitrogens with one attached hydrogen (secondary N) is 2. The van der Waals surface area contributed by atoms with Crippen LogP contribution in [0.25, 0.3) is 10.9 Å². The second kappa shape index (κ2) is 8.93. The van der Waals surface area contributed by atoms with Gasteiger partial charge in [0.2, 0.25) is 0 Å². The zero-order chi connectivity index (χ0) is 15.2. The molecule has 0 aliphatic carbocycles. The Morgan fingerprint density at radius 1 is 1.17 bits per heavy atom. The van der Waals surface area contributed by atoms with E-state index in [0.29, 0.717) is 5.96 Å². The van der Waals surface area contributed by atoms with Crippen LogP contribution in [0.3, 0.4) is 0 Å². The predicted octanol–water partition coefficient (Wildman–Crippen LogP) is 3.54. The predicted molar refractivity (Wildman–Crippen MR) is 110 cm³/mol.